The number of ketones is 1. The van der Waals surface area contributed by atoms with Crippen molar-refractivity contribution in [2.24, 2.45) is 0 Å². The van der Waals surface area contributed by atoms with Crippen molar-refractivity contribution in [1.29, 1.82) is 0 Å². The minimum atomic E-state index is -0.0810. The SMILES string of the molecule is COCC(CC(C)=O)OC. The van der Waals surface area contributed by atoms with Gasteiger partial charge in [-0.25, -0.2) is 0 Å². The summed E-state index contributed by atoms with van der Waals surface area (Å²) in [4.78, 5) is 10.6. The van der Waals surface area contributed by atoms with Crippen LogP contribution in [-0.2, 0) is 14.3 Å². The zero-order valence-electron chi connectivity index (χ0n) is 6.72. The summed E-state index contributed by atoms with van der Waals surface area (Å²) in [6, 6.07) is 0. The van der Waals surface area contributed by atoms with E-state index < -0.39 is 0 Å². The predicted octanol–water partition coefficient (Wildman–Crippen LogP) is 0.627. The molecule has 0 aliphatic heterocycles. The van der Waals surface area contributed by atoms with Gasteiger partial charge in [0.2, 0.25) is 0 Å². The molecule has 0 spiro atoms. The lowest BCUT2D eigenvalue weighted by Crippen LogP contribution is -2.20. The Bertz CT molecular complexity index is 101. The minimum absolute atomic E-state index is 0.0810. The molecule has 0 aromatic carbocycles. The van der Waals surface area contributed by atoms with Crippen molar-refractivity contribution >= 4 is 5.78 Å². The summed E-state index contributed by atoms with van der Waals surface area (Å²) in [5.74, 6) is 0.129. The number of carbonyl (C=O) groups is 1. The number of carbonyl (C=O) groups excluding carboxylic acids is 1. The Kier molecular flexibility index (Phi) is 5.16. The quantitative estimate of drug-likeness (QED) is 0.570. The van der Waals surface area contributed by atoms with Gasteiger partial charge in [-0.05, 0) is 6.92 Å². The van der Waals surface area contributed by atoms with E-state index in [1.165, 1.54) is 0 Å². The lowest BCUT2D eigenvalue weighted by molar-refractivity contribution is -0.120. The molecule has 0 amide bonds. The van der Waals surface area contributed by atoms with Gasteiger partial charge >= 0.3 is 0 Å². The Balaban J connectivity index is 3.49. The van der Waals surface area contributed by atoms with Gasteiger partial charge in [-0.3, -0.25) is 4.79 Å². The highest BCUT2D eigenvalue weighted by atomic mass is 16.5. The van der Waals surface area contributed by atoms with Gasteiger partial charge in [-0.15, -0.1) is 0 Å². The van der Waals surface area contributed by atoms with Crippen LogP contribution >= 0.6 is 0 Å². The molecular formula is C7H14O3. The fourth-order valence-corrected chi connectivity index (χ4v) is 0.717. The molecule has 0 aromatic rings. The molecule has 0 rings (SSSR count). The third kappa shape index (κ3) is 4.47. The average Bonchev–Trinajstić information content (AvgIpc) is 1.86. The van der Waals surface area contributed by atoms with Crippen molar-refractivity contribution in [1.82, 2.24) is 0 Å². The molecule has 0 radical (unpaired) electrons. The first-order valence-electron chi connectivity index (χ1n) is 3.22. The number of hydrogen-bond acceptors (Lipinski definition) is 3. The van der Waals surface area contributed by atoms with E-state index in [9.17, 15) is 4.79 Å². The van der Waals surface area contributed by atoms with E-state index in [1.54, 1.807) is 21.1 Å². The molecule has 3 heteroatoms. The Labute approximate surface area is 61.3 Å². The first kappa shape index (κ1) is 9.59. The second kappa shape index (κ2) is 5.38. The Morgan fingerprint density at radius 3 is 2.40 bits per heavy atom. The van der Waals surface area contributed by atoms with E-state index in [4.69, 9.17) is 9.47 Å². The maximum absolute atomic E-state index is 10.6. The standard InChI is InChI=1S/C7H14O3/c1-6(8)4-7(10-3)5-9-2/h7H,4-5H2,1-3H3. The fourth-order valence-electron chi connectivity index (χ4n) is 0.717. The van der Waals surface area contributed by atoms with Crippen molar-refractivity contribution in [2.45, 2.75) is 19.4 Å². The van der Waals surface area contributed by atoms with Gasteiger partial charge in [-0.1, -0.05) is 0 Å². The molecule has 0 bridgehead atoms. The molecule has 0 aliphatic rings. The Morgan fingerprint density at radius 2 is 2.10 bits per heavy atom. The second-order valence-corrected chi connectivity index (χ2v) is 2.22. The average molecular weight is 146 g/mol. The molecule has 0 aromatic heterocycles. The van der Waals surface area contributed by atoms with Gasteiger partial charge in [0.05, 0.1) is 12.7 Å². The van der Waals surface area contributed by atoms with Crippen LogP contribution in [0, 0.1) is 0 Å². The first-order valence-corrected chi connectivity index (χ1v) is 3.22. The zero-order valence-corrected chi connectivity index (χ0v) is 6.72. The number of ether oxygens (including phenoxy) is 2. The molecular weight excluding hydrogens is 132 g/mol. The summed E-state index contributed by atoms with van der Waals surface area (Å²) in [5.41, 5.74) is 0. The molecule has 60 valence electrons. The largest absolute Gasteiger partial charge is 0.382 e. The summed E-state index contributed by atoms with van der Waals surface area (Å²) < 4.78 is 9.77. The number of methoxy groups -OCH3 is 2. The summed E-state index contributed by atoms with van der Waals surface area (Å²) in [6.07, 6.45) is 0.354. The van der Waals surface area contributed by atoms with Crippen LogP contribution in [0.5, 0.6) is 0 Å². The van der Waals surface area contributed by atoms with E-state index in [0.29, 0.717) is 13.0 Å². The van der Waals surface area contributed by atoms with Crippen molar-refractivity contribution < 1.29 is 14.3 Å². The number of hydrogen-bond donors (Lipinski definition) is 0. The molecule has 0 heterocycles. The highest BCUT2D eigenvalue weighted by Crippen LogP contribution is 1.97. The molecule has 3 nitrogen and oxygen atoms in total. The lowest BCUT2D eigenvalue weighted by Gasteiger charge is -2.11. The van der Waals surface area contributed by atoms with Crippen molar-refractivity contribution in [2.75, 3.05) is 20.8 Å². The van der Waals surface area contributed by atoms with Gasteiger partial charge < -0.3 is 9.47 Å². The predicted molar refractivity (Wildman–Crippen MR) is 38.0 cm³/mol. The first-order chi connectivity index (χ1) is 4.70. The summed E-state index contributed by atoms with van der Waals surface area (Å²) in [7, 11) is 3.17. The van der Waals surface area contributed by atoms with Gasteiger partial charge in [0.25, 0.3) is 0 Å². The number of rotatable bonds is 5. The van der Waals surface area contributed by atoms with Crippen LogP contribution in [0.15, 0.2) is 0 Å². The number of Topliss-reactive ketones (excluding diaryl/α,β-unsaturated/α-hetero) is 1. The van der Waals surface area contributed by atoms with Gasteiger partial charge in [-0.2, -0.15) is 0 Å². The third-order valence-electron chi connectivity index (χ3n) is 1.20. The van der Waals surface area contributed by atoms with E-state index in [2.05, 4.69) is 0 Å². The lowest BCUT2D eigenvalue weighted by atomic mass is 10.2. The molecule has 0 aliphatic carbocycles. The second-order valence-electron chi connectivity index (χ2n) is 2.22. The molecule has 1 unspecified atom stereocenters. The van der Waals surface area contributed by atoms with Crippen LogP contribution in [0.3, 0.4) is 0 Å². The summed E-state index contributed by atoms with van der Waals surface area (Å²) in [5, 5.41) is 0. The maximum atomic E-state index is 10.6. The van der Waals surface area contributed by atoms with Crippen LogP contribution in [0.1, 0.15) is 13.3 Å². The van der Waals surface area contributed by atoms with Crippen LogP contribution in [-0.4, -0.2) is 32.7 Å². The molecule has 1 atom stereocenters. The zero-order chi connectivity index (χ0) is 7.98. The normalized spacial score (nSPS) is 13.1. The highest BCUT2D eigenvalue weighted by molar-refractivity contribution is 5.75. The molecule has 0 saturated heterocycles. The molecule has 10 heavy (non-hydrogen) atoms. The van der Waals surface area contributed by atoms with Crippen LogP contribution in [0.25, 0.3) is 0 Å². The van der Waals surface area contributed by atoms with E-state index in [0.717, 1.165) is 0 Å². The Morgan fingerprint density at radius 1 is 1.50 bits per heavy atom. The van der Waals surface area contributed by atoms with Crippen molar-refractivity contribution in [3.05, 3.63) is 0 Å². The fraction of sp³-hybridized carbons (Fsp3) is 0.857. The monoisotopic (exact) mass is 146 g/mol. The molecule has 0 saturated carbocycles. The molecule has 0 fully saturated rings. The van der Waals surface area contributed by atoms with E-state index >= 15 is 0 Å². The van der Waals surface area contributed by atoms with Gasteiger partial charge in [0, 0.05) is 20.6 Å². The topological polar surface area (TPSA) is 35.5 Å². The van der Waals surface area contributed by atoms with E-state index in [1.807, 2.05) is 0 Å². The van der Waals surface area contributed by atoms with Crippen LogP contribution in [0.4, 0.5) is 0 Å². The minimum Gasteiger partial charge on any atom is -0.382 e. The van der Waals surface area contributed by atoms with Gasteiger partial charge in [0.15, 0.2) is 0 Å². The van der Waals surface area contributed by atoms with Crippen LogP contribution in [0.2, 0.25) is 0 Å². The van der Waals surface area contributed by atoms with Gasteiger partial charge in [0.1, 0.15) is 5.78 Å². The Hall–Kier alpha value is -0.410. The summed E-state index contributed by atoms with van der Waals surface area (Å²) >= 11 is 0. The smallest absolute Gasteiger partial charge is 0.132 e. The molecule has 0 N–H and O–H groups in total. The summed E-state index contributed by atoms with van der Waals surface area (Å²) in [6.45, 7) is 2.03. The van der Waals surface area contributed by atoms with Crippen LogP contribution < -0.4 is 0 Å². The van der Waals surface area contributed by atoms with Crippen molar-refractivity contribution in [3.63, 3.8) is 0 Å². The highest BCUT2D eigenvalue weighted by Gasteiger charge is 2.08. The van der Waals surface area contributed by atoms with E-state index in [-0.39, 0.29) is 11.9 Å². The van der Waals surface area contributed by atoms with Crippen molar-refractivity contribution in [3.8, 4) is 0 Å². The third-order valence-corrected chi connectivity index (χ3v) is 1.20. The maximum Gasteiger partial charge on any atom is 0.132 e.